The van der Waals surface area contributed by atoms with Crippen molar-refractivity contribution in [2.75, 3.05) is 24.7 Å². The van der Waals surface area contributed by atoms with Crippen LogP contribution in [0.3, 0.4) is 0 Å². The lowest BCUT2D eigenvalue weighted by atomic mass is 10.1. The van der Waals surface area contributed by atoms with E-state index in [-0.39, 0.29) is 11.8 Å². The van der Waals surface area contributed by atoms with Crippen LogP contribution < -0.4 is 4.90 Å². The summed E-state index contributed by atoms with van der Waals surface area (Å²) in [5.74, 6) is -0.399. The first kappa shape index (κ1) is 22.0. The Balaban J connectivity index is 1.64. The van der Waals surface area contributed by atoms with Crippen LogP contribution in [0.15, 0.2) is 53.4 Å². The Bertz CT molecular complexity index is 1070. The summed E-state index contributed by atoms with van der Waals surface area (Å²) in [6.45, 7) is 4.01. The van der Waals surface area contributed by atoms with Crippen LogP contribution in [0.1, 0.15) is 24.5 Å². The van der Waals surface area contributed by atoms with E-state index < -0.39 is 0 Å². The number of amides is 2. The Labute approximate surface area is 196 Å². The average molecular weight is 473 g/mol. The molecule has 0 radical (unpaired) electrons. The van der Waals surface area contributed by atoms with E-state index in [9.17, 15) is 9.59 Å². The quantitative estimate of drug-likeness (QED) is 0.326. The highest BCUT2D eigenvalue weighted by molar-refractivity contribution is 8.26. The summed E-state index contributed by atoms with van der Waals surface area (Å²) in [4.78, 5) is 30.3. The maximum atomic E-state index is 13.5. The summed E-state index contributed by atoms with van der Waals surface area (Å²) in [7, 11) is 0. The summed E-state index contributed by atoms with van der Waals surface area (Å²) in [6.07, 6.45) is 0.691. The highest BCUT2D eigenvalue weighted by Crippen LogP contribution is 2.45. The largest absolute Gasteiger partial charge is 0.382 e. The topological polar surface area (TPSA) is 49.9 Å². The summed E-state index contributed by atoms with van der Waals surface area (Å²) >= 11 is 12.6. The first-order valence-electron chi connectivity index (χ1n) is 10.0. The minimum Gasteiger partial charge on any atom is -0.382 e. The second-order valence-corrected chi connectivity index (χ2v) is 9.19. The first-order chi connectivity index (χ1) is 15.0. The molecule has 0 spiro atoms. The summed E-state index contributed by atoms with van der Waals surface area (Å²) < 4.78 is 5.84. The number of rotatable bonds is 7. The molecule has 2 aromatic carbocycles. The molecule has 160 valence electrons. The number of hydrogen-bond donors (Lipinski definition) is 0. The number of thiocarbonyl (C=S) groups is 1. The van der Waals surface area contributed by atoms with Crippen molar-refractivity contribution >= 4 is 63.0 Å². The molecule has 2 heterocycles. The fourth-order valence-corrected chi connectivity index (χ4v) is 5.15. The van der Waals surface area contributed by atoms with Crippen molar-refractivity contribution < 1.29 is 14.3 Å². The highest BCUT2D eigenvalue weighted by Gasteiger charge is 2.41. The SMILES string of the molecule is CCOCCCN1C(=O)/C(=C2/C(=O)N(Cc3ccc(Cl)cc3)c3ccccc32)SC1=S. The normalized spacial score (nSPS) is 18.3. The van der Waals surface area contributed by atoms with Crippen LogP contribution in [-0.2, 0) is 20.9 Å². The predicted octanol–water partition coefficient (Wildman–Crippen LogP) is 4.88. The summed E-state index contributed by atoms with van der Waals surface area (Å²) in [5.41, 5.74) is 2.93. The van der Waals surface area contributed by atoms with Crippen molar-refractivity contribution in [1.29, 1.82) is 0 Å². The number of hydrogen-bond acceptors (Lipinski definition) is 5. The number of ether oxygens (including phenoxy) is 1. The van der Waals surface area contributed by atoms with Crippen LogP contribution in [-0.4, -0.2) is 40.8 Å². The fraction of sp³-hybridized carbons (Fsp3) is 0.261. The summed E-state index contributed by atoms with van der Waals surface area (Å²) in [6, 6.07) is 15.0. The van der Waals surface area contributed by atoms with Crippen molar-refractivity contribution in [3.8, 4) is 0 Å². The lowest BCUT2D eigenvalue weighted by molar-refractivity contribution is -0.122. The van der Waals surface area contributed by atoms with E-state index in [4.69, 9.17) is 28.6 Å². The Kier molecular flexibility index (Phi) is 6.77. The standard InChI is InChI=1S/C23H21ClN2O3S2/c1-2-29-13-5-12-25-22(28)20(31-23(25)30)19-17-6-3-4-7-18(17)26(21(19)27)14-15-8-10-16(24)11-9-15/h3-4,6-11H,2,5,12-14H2,1H3/b20-19-. The van der Waals surface area contributed by atoms with Gasteiger partial charge in [0.15, 0.2) is 0 Å². The van der Waals surface area contributed by atoms with Crippen molar-refractivity contribution in [2.45, 2.75) is 19.9 Å². The molecule has 2 aliphatic rings. The third kappa shape index (κ3) is 4.41. The molecule has 4 rings (SSSR count). The van der Waals surface area contributed by atoms with E-state index >= 15 is 0 Å². The van der Waals surface area contributed by atoms with Gasteiger partial charge in [0.2, 0.25) is 0 Å². The van der Waals surface area contributed by atoms with Crippen LogP contribution in [0.4, 0.5) is 5.69 Å². The van der Waals surface area contributed by atoms with Crippen LogP contribution in [0.2, 0.25) is 5.02 Å². The van der Waals surface area contributed by atoms with Gasteiger partial charge in [-0.15, -0.1) is 0 Å². The Morgan fingerprint density at radius 1 is 1.03 bits per heavy atom. The molecule has 0 saturated carbocycles. The van der Waals surface area contributed by atoms with Crippen molar-refractivity contribution in [2.24, 2.45) is 0 Å². The number of fused-ring (bicyclic) bond motifs is 1. The number of para-hydroxylation sites is 1. The second-order valence-electron chi connectivity index (χ2n) is 7.11. The van der Waals surface area contributed by atoms with Gasteiger partial charge < -0.3 is 9.64 Å². The molecule has 2 aliphatic heterocycles. The van der Waals surface area contributed by atoms with E-state index in [1.54, 1.807) is 21.9 Å². The minimum absolute atomic E-state index is 0.189. The van der Waals surface area contributed by atoms with Crippen LogP contribution in [0, 0.1) is 0 Å². The Morgan fingerprint density at radius 3 is 2.52 bits per heavy atom. The van der Waals surface area contributed by atoms with Gasteiger partial charge in [0.25, 0.3) is 11.8 Å². The van der Waals surface area contributed by atoms with E-state index in [0.29, 0.717) is 52.5 Å². The molecule has 8 heteroatoms. The molecular formula is C23H21ClN2O3S2. The van der Waals surface area contributed by atoms with Gasteiger partial charge in [0.05, 0.1) is 22.7 Å². The molecule has 0 aliphatic carbocycles. The average Bonchev–Trinajstić information content (AvgIpc) is 3.20. The number of nitrogens with zero attached hydrogens (tertiary/aromatic N) is 2. The maximum Gasteiger partial charge on any atom is 0.267 e. The molecule has 31 heavy (non-hydrogen) atoms. The molecule has 5 nitrogen and oxygen atoms in total. The summed E-state index contributed by atoms with van der Waals surface area (Å²) in [5, 5.41) is 0.644. The molecule has 0 N–H and O–H groups in total. The molecule has 2 amide bonds. The van der Waals surface area contributed by atoms with Gasteiger partial charge in [-0.2, -0.15) is 0 Å². The zero-order chi connectivity index (χ0) is 22.0. The fourth-order valence-electron chi connectivity index (χ4n) is 3.64. The van der Waals surface area contributed by atoms with Crippen molar-refractivity contribution in [3.05, 3.63) is 69.6 Å². The number of anilines is 1. The lowest BCUT2D eigenvalue weighted by Crippen LogP contribution is -2.30. The molecule has 0 aromatic heterocycles. The van der Waals surface area contributed by atoms with Crippen molar-refractivity contribution in [1.82, 2.24) is 4.90 Å². The monoisotopic (exact) mass is 472 g/mol. The van der Waals surface area contributed by atoms with E-state index in [1.807, 2.05) is 43.3 Å². The number of benzene rings is 2. The number of carbonyl (C=O) groups is 2. The van der Waals surface area contributed by atoms with Crippen LogP contribution in [0.5, 0.6) is 0 Å². The zero-order valence-corrected chi connectivity index (χ0v) is 19.4. The number of halogens is 1. The Hall–Kier alpha value is -2.19. The van der Waals surface area contributed by atoms with Gasteiger partial charge in [-0.05, 0) is 37.1 Å². The molecule has 0 atom stereocenters. The van der Waals surface area contributed by atoms with Crippen LogP contribution >= 0.6 is 35.6 Å². The van der Waals surface area contributed by atoms with Gasteiger partial charge >= 0.3 is 0 Å². The van der Waals surface area contributed by atoms with E-state index in [2.05, 4.69) is 0 Å². The third-order valence-corrected chi connectivity index (χ3v) is 6.83. The van der Waals surface area contributed by atoms with Gasteiger partial charge in [0, 0.05) is 30.3 Å². The molecule has 0 unspecified atom stereocenters. The molecule has 0 bridgehead atoms. The maximum absolute atomic E-state index is 13.5. The van der Waals surface area contributed by atoms with Gasteiger partial charge in [-0.3, -0.25) is 14.5 Å². The number of carbonyl (C=O) groups excluding carboxylic acids is 2. The van der Waals surface area contributed by atoms with Gasteiger partial charge in [-0.25, -0.2) is 0 Å². The smallest absolute Gasteiger partial charge is 0.267 e. The van der Waals surface area contributed by atoms with Crippen LogP contribution in [0.25, 0.3) is 5.57 Å². The second kappa shape index (κ2) is 9.53. The van der Waals surface area contributed by atoms with E-state index in [0.717, 1.165) is 16.8 Å². The lowest BCUT2D eigenvalue weighted by Gasteiger charge is -2.17. The predicted molar refractivity (Wildman–Crippen MR) is 129 cm³/mol. The minimum atomic E-state index is -0.210. The Morgan fingerprint density at radius 2 is 1.77 bits per heavy atom. The molecule has 2 aromatic rings. The van der Waals surface area contributed by atoms with Gasteiger partial charge in [0.1, 0.15) is 4.32 Å². The molecular weight excluding hydrogens is 452 g/mol. The first-order valence-corrected chi connectivity index (χ1v) is 11.6. The third-order valence-electron chi connectivity index (χ3n) is 5.13. The zero-order valence-electron chi connectivity index (χ0n) is 17.0. The van der Waals surface area contributed by atoms with Gasteiger partial charge in [-0.1, -0.05) is 65.9 Å². The number of thioether (sulfide) groups is 1. The highest BCUT2D eigenvalue weighted by atomic mass is 35.5. The van der Waals surface area contributed by atoms with Crippen molar-refractivity contribution in [3.63, 3.8) is 0 Å². The molecule has 1 fully saturated rings. The van der Waals surface area contributed by atoms with E-state index in [1.165, 1.54) is 11.8 Å². The molecule has 1 saturated heterocycles.